The number of amides is 1. The molecule has 0 atom stereocenters. The van der Waals surface area contributed by atoms with Gasteiger partial charge in [-0.15, -0.1) is 6.58 Å². The van der Waals surface area contributed by atoms with Gasteiger partial charge in [0.1, 0.15) is 5.60 Å². The Morgan fingerprint density at radius 1 is 1.26 bits per heavy atom. The molecule has 0 aliphatic carbocycles. The van der Waals surface area contributed by atoms with E-state index in [9.17, 15) is 14.7 Å². The predicted molar refractivity (Wildman–Crippen MR) is 90.1 cm³/mol. The molecule has 0 saturated heterocycles. The van der Waals surface area contributed by atoms with Gasteiger partial charge in [0.05, 0.1) is 12.1 Å². The minimum absolute atomic E-state index is 0.0643. The summed E-state index contributed by atoms with van der Waals surface area (Å²) in [6.07, 6.45) is 2.51. The third kappa shape index (κ3) is 6.82. The van der Waals surface area contributed by atoms with Crippen LogP contribution in [0.3, 0.4) is 0 Å². The molecular formula is C18H23NO4. The smallest absolute Gasteiger partial charge is 0.410 e. The van der Waals surface area contributed by atoms with Crippen LogP contribution in [0.25, 0.3) is 6.08 Å². The normalized spacial score (nSPS) is 11.7. The van der Waals surface area contributed by atoms with Gasteiger partial charge in [0.2, 0.25) is 0 Å². The summed E-state index contributed by atoms with van der Waals surface area (Å²) >= 11 is 0. The van der Waals surface area contributed by atoms with Crippen molar-refractivity contribution >= 4 is 18.1 Å². The Balaban J connectivity index is 2.98. The monoisotopic (exact) mass is 317 g/mol. The van der Waals surface area contributed by atoms with E-state index < -0.39 is 17.7 Å². The standard InChI is InChI=1S/C18H23NO4/c1-5-11-19(17(22)23-18(2,3)4)13-15(16(20)21)12-14-9-7-6-8-10-14/h5-10,12H,1,11,13H2,2-4H3,(H,20,21)/b15-12+. The molecule has 0 aliphatic rings. The Morgan fingerprint density at radius 2 is 1.87 bits per heavy atom. The number of benzene rings is 1. The van der Waals surface area contributed by atoms with Crippen LogP contribution in [0.15, 0.2) is 48.6 Å². The number of carbonyl (C=O) groups excluding carboxylic acids is 1. The summed E-state index contributed by atoms with van der Waals surface area (Å²) in [6.45, 7) is 9.01. The van der Waals surface area contributed by atoms with E-state index >= 15 is 0 Å². The third-order valence-electron chi connectivity index (χ3n) is 2.78. The molecule has 1 aromatic rings. The van der Waals surface area contributed by atoms with Gasteiger partial charge in [0.15, 0.2) is 0 Å². The molecule has 0 aromatic heterocycles. The van der Waals surface area contributed by atoms with Crippen LogP contribution in [0.5, 0.6) is 0 Å². The second kappa shape index (κ2) is 8.17. The Hall–Kier alpha value is -2.56. The van der Waals surface area contributed by atoms with Crippen LogP contribution in [-0.4, -0.2) is 40.8 Å². The minimum Gasteiger partial charge on any atom is -0.478 e. The number of hydrogen-bond donors (Lipinski definition) is 1. The Labute approximate surface area is 136 Å². The molecule has 0 unspecified atom stereocenters. The Bertz CT molecular complexity index is 585. The lowest BCUT2D eigenvalue weighted by molar-refractivity contribution is -0.132. The molecule has 5 nitrogen and oxygen atoms in total. The molecule has 23 heavy (non-hydrogen) atoms. The zero-order chi connectivity index (χ0) is 17.5. The molecule has 1 aromatic carbocycles. The Morgan fingerprint density at radius 3 is 2.35 bits per heavy atom. The van der Waals surface area contributed by atoms with Crippen molar-refractivity contribution in [1.29, 1.82) is 0 Å². The minimum atomic E-state index is -1.08. The molecule has 0 fully saturated rings. The van der Waals surface area contributed by atoms with E-state index in [1.807, 2.05) is 18.2 Å². The number of ether oxygens (including phenoxy) is 1. The maximum absolute atomic E-state index is 12.2. The highest BCUT2D eigenvalue weighted by molar-refractivity contribution is 5.93. The van der Waals surface area contributed by atoms with Crippen LogP contribution < -0.4 is 0 Å². The highest BCUT2D eigenvalue weighted by Gasteiger charge is 2.23. The fourth-order valence-corrected chi connectivity index (χ4v) is 1.82. The van der Waals surface area contributed by atoms with Crippen molar-refractivity contribution in [3.63, 3.8) is 0 Å². The van der Waals surface area contributed by atoms with E-state index in [1.54, 1.807) is 39.0 Å². The van der Waals surface area contributed by atoms with Crippen molar-refractivity contribution in [3.05, 3.63) is 54.1 Å². The van der Waals surface area contributed by atoms with Gasteiger partial charge in [-0.1, -0.05) is 36.4 Å². The zero-order valence-electron chi connectivity index (χ0n) is 13.8. The van der Waals surface area contributed by atoms with Crippen LogP contribution in [-0.2, 0) is 9.53 Å². The fraction of sp³-hybridized carbons (Fsp3) is 0.333. The van der Waals surface area contributed by atoms with Crippen LogP contribution in [0, 0.1) is 0 Å². The average Bonchev–Trinajstić information content (AvgIpc) is 2.45. The van der Waals surface area contributed by atoms with Crippen LogP contribution >= 0.6 is 0 Å². The van der Waals surface area contributed by atoms with Crippen molar-refractivity contribution in [3.8, 4) is 0 Å². The van der Waals surface area contributed by atoms with E-state index in [0.717, 1.165) is 5.56 Å². The lowest BCUT2D eigenvalue weighted by atomic mass is 10.1. The van der Waals surface area contributed by atoms with Gasteiger partial charge >= 0.3 is 12.1 Å². The molecule has 1 amide bonds. The first-order valence-corrected chi connectivity index (χ1v) is 7.30. The summed E-state index contributed by atoms with van der Waals surface area (Å²) in [6, 6.07) is 9.09. The van der Waals surface area contributed by atoms with Crippen LogP contribution in [0.4, 0.5) is 4.79 Å². The van der Waals surface area contributed by atoms with Crippen molar-refractivity contribution in [2.75, 3.05) is 13.1 Å². The van der Waals surface area contributed by atoms with Crippen molar-refractivity contribution in [2.45, 2.75) is 26.4 Å². The van der Waals surface area contributed by atoms with Gasteiger partial charge in [0, 0.05) is 6.54 Å². The molecule has 124 valence electrons. The topological polar surface area (TPSA) is 66.8 Å². The van der Waals surface area contributed by atoms with Crippen molar-refractivity contribution in [2.24, 2.45) is 0 Å². The number of aliphatic carboxylic acids is 1. The summed E-state index contributed by atoms with van der Waals surface area (Å²) < 4.78 is 5.30. The lowest BCUT2D eigenvalue weighted by Gasteiger charge is -2.26. The number of nitrogens with zero attached hydrogens (tertiary/aromatic N) is 1. The van der Waals surface area contributed by atoms with E-state index in [-0.39, 0.29) is 18.7 Å². The van der Waals surface area contributed by atoms with Gasteiger partial charge in [-0.05, 0) is 32.4 Å². The number of carbonyl (C=O) groups is 2. The average molecular weight is 317 g/mol. The molecule has 1 N–H and O–H groups in total. The summed E-state index contributed by atoms with van der Waals surface area (Å²) in [4.78, 5) is 25.0. The lowest BCUT2D eigenvalue weighted by Crippen LogP contribution is -2.38. The van der Waals surface area contributed by atoms with Gasteiger partial charge in [0.25, 0.3) is 0 Å². The molecule has 0 spiro atoms. The maximum Gasteiger partial charge on any atom is 0.410 e. The molecule has 0 heterocycles. The first kappa shape index (κ1) is 18.5. The predicted octanol–water partition coefficient (Wildman–Crippen LogP) is 3.58. The van der Waals surface area contributed by atoms with Crippen LogP contribution in [0.1, 0.15) is 26.3 Å². The summed E-state index contributed by atoms with van der Waals surface area (Å²) in [5, 5.41) is 9.39. The molecule has 5 heteroatoms. The number of carboxylic acids is 1. The number of rotatable bonds is 6. The van der Waals surface area contributed by atoms with E-state index in [2.05, 4.69) is 6.58 Å². The zero-order valence-corrected chi connectivity index (χ0v) is 13.8. The summed E-state index contributed by atoms with van der Waals surface area (Å²) in [7, 11) is 0. The van der Waals surface area contributed by atoms with E-state index in [1.165, 1.54) is 11.0 Å². The second-order valence-corrected chi connectivity index (χ2v) is 6.03. The van der Waals surface area contributed by atoms with Gasteiger partial charge in [-0.2, -0.15) is 0 Å². The van der Waals surface area contributed by atoms with Crippen molar-refractivity contribution < 1.29 is 19.4 Å². The first-order chi connectivity index (χ1) is 10.7. The second-order valence-electron chi connectivity index (χ2n) is 6.03. The molecule has 0 bridgehead atoms. The fourth-order valence-electron chi connectivity index (χ4n) is 1.82. The Kier molecular flexibility index (Phi) is 6.57. The van der Waals surface area contributed by atoms with Gasteiger partial charge < -0.3 is 9.84 Å². The number of carboxylic acid groups (broad SMARTS) is 1. The molecular weight excluding hydrogens is 294 g/mol. The maximum atomic E-state index is 12.2. The quantitative estimate of drug-likeness (QED) is 0.643. The van der Waals surface area contributed by atoms with E-state index in [4.69, 9.17) is 4.74 Å². The highest BCUT2D eigenvalue weighted by atomic mass is 16.6. The van der Waals surface area contributed by atoms with Crippen LogP contribution in [0.2, 0.25) is 0 Å². The largest absolute Gasteiger partial charge is 0.478 e. The molecule has 0 saturated carbocycles. The van der Waals surface area contributed by atoms with Gasteiger partial charge in [-0.25, -0.2) is 9.59 Å². The SMILES string of the molecule is C=CCN(C/C(=C\c1ccccc1)C(=O)O)C(=O)OC(C)(C)C. The van der Waals surface area contributed by atoms with Gasteiger partial charge in [-0.3, -0.25) is 4.90 Å². The molecule has 1 rings (SSSR count). The number of hydrogen-bond acceptors (Lipinski definition) is 3. The first-order valence-electron chi connectivity index (χ1n) is 7.30. The highest BCUT2D eigenvalue weighted by Crippen LogP contribution is 2.13. The summed E-state index contributed by atoms with van der Waals surface area (Å²) in [5.74, 6) is -1.08. The third-order valence-corrected chi connectivity index (χ3v) is 2.78. The van der Waals surface area contributed by atoms with E-state index in [0.29, 0.717) is 0 Å². The summed E-state index contributed by atoms with van der Waals surface area (Å²) in [5.41, 5.74) is 0.208. The van der Waals surface area contributed by atoms with Crippen molar-refractivity contribution in [1.82, 2.24) is 4.90 Å². The molecule has 0 radical (unpaired) electrons. The molecule has 0 aliphatic heterocycles.